The lowest BCUT2D eigenvalue weighted by Gasteiger charge is -2.18. The summed E-state index contributed by atoms with van der Waals surface area (Å²) in [6.45, 7) is 6.67. The van der Waals surface area contributed by atoms with Gasteiger partial charge in [-0.3, -0.25) is 4.90 Å². The smallest absolute Gasteiger partial charge is 0.118 e. The Hall–Kier alpha value is -2.45. The van der Waals surface area contributed by atoms with Crippen LogP contribution in [0.1, 0.15) is 51.5 Å². The monoisotopic (exact) mass is 380 g/mol. The summed E-state index contributed by atoms with van der Waals surface area (Å²) < 4.78 is 10.9. The van der Waals surface area contributed by atoms with Crippen molar-refractivity contribution in [2.45, 2.75) is 58.6 Å². The zero-order valence-electron chi connectivity index (χ0n) is 17.5. The van der Waals surface area contributed by atoms with Gasteiger partial charge in [0.2, 0.25) is 0 Å². The average Bonchev–Trinajstić information content (AvgIpc) is 2.71. The van der Waals surface area contributed by atoms with Crippen molar-refractivity contribution in [3.05, 3.63) is 29.8 Å². The van der Waals surface area contributed by atoms with E-state index in [2.05, 4.69) is 41.6 Å². The highest BCUT2D eigenvalue weighted by atomic mass is 16.5. The maximum Gasteiger partial charge on any atom is 0.118 e. The first-order valence-corrected chi connectivity index (χ1v) is 9.94. The molecule has 1 aromatic rings. The van der Waals surface area contributed by atoms with Crippen molar-refractivity contribution in [2.24, 2.45) is 0 Å². The van der Waals surface area contributed by atoms with E-state index in [1.165, 1.54) is 12.0 Å². The molecule has 0 aliphatic carbocycles. The second kappa shape index (κ2) is 15.6. The molecule has 4 nitrogen and oxygen atoms in total. The van der Waals surface area contributed by atoms with Crippen LogP contribution in [0, 0.1) is 35.0 Å². The molecule has 0 aliphatic heterocycles. The molecule has 0 N–H and O–H groups in total. The molecule has 0 aromatic heterocycles. The molecular formula is C24H32N2O2. The summed E-state index contributed by atoms with van der Waals surface area (Å²) in [6.07, 6.45) is 4.64. The lowest BCUT2D eigenvalue weighted by Crippen LogP contribution is -2.24. The van der Waals surface area contributed by atoms with E-state index < -0.39 is 0 Å². The van der Waals surface area contributed by atoms with Gasteiger partial charge in [0, 0.05) is 32.4 Å². The number of ether oxygens (including phenoxy) is 2. The van der Waals surface area contributed by atoms with Crippen LogP contribution in [0.25, 0.3) is 0 Å². The van der Waals surface area contributed by atoms with Crippen molar-refractivity contribution in [3.8, 4) is 35.5 Å². The average molecular weight is 381 g/mol. The molecule has 28 heavy (non-hydrogen) atoms. The van der Waals surface area contributed by atoms with Crippen LogP contribution >= 0.6 is 0 Å². The summed E-state index contributed by atoms with van der Waals surface area (Å²) in [5.41, 5.74) is 1.17. The summed E-state index contributed by atoms with van der Waals surface area (Å²) in [7, 11) is 1.66. The third kappa shape index (κ3) is 11.3. The van der Waals surface area contributed by atoms with Crippen LogP contribution in [0.5, 0.6) is 5.75 Å². The van der Waals surface area contributed by atoms with Gasteiger partial charge < -0.3 is 9.47 Å². The molecule has 0 bridgehead atoms. The van der Waals surface area contributed by atoms with Crippen molar-refractivity contribution in [1.82, 2.24) is 4.90 Å². The standard InChI is InChI=1S/C24H32N2O2/c1-4-5-6-7-8-12-22(2)28-20-10-9-18-26(19-11-17-25)21-23-13-15-24(27-3)16-14-23/h13-16,22H,4-6,11-12,18-21H2,1-3H3/t22-/m0/s1. The number of methoxy groups -OCH3 is 1. The second-order valence-electron chi connectivity index (χ2n) is 6.60. The molecule has 0 saturated carbocycles. The van der Waals surface area contributed by atoms with Gasteiger partial charge in [0.1, 0.15) is 12.4 Å². The van der Waals surface area contributed by atoms with Gasteiger partial charge in [0.15, 0.2) is 0 Å². The molecule has 0 saturated heterocycles. The number of nitriles is 1. The maximum atomic E-state index is 8.88. The minimum Gasteiger partial charge on any atom is -0.497 e. The molecule has 0 unspecified atom stereocenters. The van der Waals surface area contributed by atoms with Gasteiger partial charge in [-0.1, -0.05) is 37.3 Å². The normalized spacial score (nSPS) is 11.0. The fourth-order valence-electron chi connectivity index (χ4n) is 2.44. The van der Waals surface area contributed by atoms with Crippen LogP contribution in [-0.4, -0.2) is 37.8 Å². The topological polar surface area (TPSA) is 45.5 Å². The first-order chi connectivity index (χ1) is 13.7. The minimum absolute atomic E-state index is 0.0948. The van der Waals surface area contributed by atoms with Crippen molar-refractivity contribution < 1.29 is 9.47 Å². The van der Waals surface area contributed by atoms with Crippen LogP contribution < -0.4 is 4.74 Å². The zero-order chi connectivity index (χ0) is 20.5. The van der Waals surface area contributed by atoms with Gasteiger partial charge in [-0.25, -0.2) is 0 Å². The fourth-order valence-corrected chi connectivity index (χ4v) is 2.44. The minimum atomic E-state index is 0.0948. The lowest BCUT2D eigenvalue weighted by atomic mass is 10.2. The van der Waals surface area contributed by atoms with E-state index in [1.54, 1.807) is 7.11 Å². The van der Waals surface area contributed by atoms with E-state index in [1.807, 2.05) is 31.2 Å². The van der Waals surface area contributed by atoms with Gasteiger partial charge in [-0.15, -0.1) is 11.8 Å². The van der Waals surface area contributed by atoms with Crippen LogP contribution in [0.2, 0.25) is 0 Å². The first-order valence-electron chi connectivity index (χ1n) is 9.94. The Balaban J connectivity index is 2.39. The highest BCUT2D eigenvalue weighted by Gasteiger charge is 2.05. The van der Waals surface area contributed by atoms with Gasteiger partial charge >= 0.3 is 0 Å². The van der Waals surface area contributed by atoms with Gasteiger partial charge in [-0.2, -0.15) is 5.26 Å². The molecule has 1 aromatic carbocycles. The number of hydrogen-bond donors (Lipinski definition) is 0. The van der Waals surface area contributed by atoms with Crippen molar-refractivity contribution >= 4 is 0 Å². The summed E-state index contributed by atoms with van der Waals surface area (Å²) in [4.78, 5) is 2.17. The Kier molecular flexibility index (Phi) is 13.1. The van der Waals surface area contributed by atoms with E-state index >= 15 is 0 Å². The van der Waals surface area contributed by atoms with Gasteiger partial charge in [0.05, 0.1) is 25.8 Å². The highest BCUT2D eigenvalue weighted by molar-refractivity contribution is 5.27. The van der Waals surface area contributed by atoms with Crippen LogP contribution in [0.15, 0.2) is 24.3 Å². The summed E-state index contributed by atoms with van der Waals surface area (Å²) >= 11 is 0. The van der Waals surface area contributed by atoms with E-state index in [9.17, 15) is 0 Å². The third-order valence-corrected chi connectivity index (χ3v) is 4.14. The zero-order valence-corrected chi connectivity index (χ0v) is 17.5. The molecule has 150 valence electrons. The van der Waals surface area contributed by atoms with Crippen LogP contribution in [0.3, 0.4) is 0 Å². The Bertz CT molecular complexity index is 699. The maximum absolute atomic E-state index is 8.88. The second-order valence-corrected chi connectivity index (χ2v) is 6.60. The van der Waals surface area contributed by atoms with Gasteiger partial charge in [0.25, 0.3) is 0 Å². The van der Waals surface area contributed by atoms with Crippen molar-refractivity contribution in [1.29, 1.82) is 5.26 Å². The highest BCUT2D eigenvalue weighted by Crippen LogP contribution is 2.13. The molecule has 0 amide bonds. The molecular weight excluding hydrogens is 348 g/mol. The molecule has 0 aliphatic rings. The lowest BCUT2D eigenvalue weighted by molar-refractivity contribution is 0.0961. The number of hydrogen-bond acceptors (Lipinski definition) is 4. The predicted octanol–water partition coefficient (Wildman–Crippen LogP) is 4.40. The fraction of sp³-hybridized carbons (Fsp3) is 0.542. The van der Waals surface area contributed by atoms with E-state index in [0.717, 1.165) is 31.6 Å². The number of unbranched alkanes of at least 4 members (excludes halogenated alkanes) is 2. The number of nitrogens with zero attached hydrogens (tertiary/aromatic N) is 2. The predicted molar refractivity (Wildman–Crippen MR) is 114 cm³/mol. The Morgan fingerprint density at radius 1 is 1.07 bits per heavy atom. The van der Waals surface area contributed by atoms with E-state index in [4.69, 9.17) is 14.7 Å². The Labute approximate surface area is 170 Å². The molecule has 0 radical (unpaired) electrons. The number of rotatable bonds is 11. The summed E-state index contributed by atoms with van der Waals surface area (Å²) in [6, 6.07) is 10.2. The summed E-state index contributed by atoms with van der Waals surface area (Å²) in [5.74, 6) is 13.4. The quantitative estimate of drug-likeness (QED) is 0.422. The molecule has 0 heterocycles. The molecule has 1 rings (SSSR count). The van der Waals surface area contributed by atoms with Gasteiger partial charge in [-0.05, 0) is 31.0 Å². The third-order valence-electron chi connectivity index (χ3n) is 4.14. The molecule has 0 fully saturated rings. The first kappa shape index (κ1) is 23.6. The Morgan fingerprint density at radius 2 is 1.86 bits per heavy atom. The number of benzene rings is 1. The van der Waals surface area contributed by atoms with Crippen LogP contribution in [-0.2, 0) is 11.3 Å². The molecule has 0 spiro atoms. The molecule has 1 atom stereocenters. The van der Waals surface area contributed by atoms with Crippen LogP contribution in [0.4, 0.5) is 0 Å². The van der Waals surface area contributed by atoms with Crippen molar-refractivity contribution in [2.75, 3.05) is 26.8 Å². The van der Waals surface area contributed by atoms with Crippen molar-refractivity contribution in [3.63, 3.8) is 0 Å². The SMILES string of the molecule is CCCCC#CC[C@H](C)OCC#CCN(CCC#N)Cc1ccc(OC)cc1. The molecule has 4 heteroatoms. The summed E-state index contributed by atoms with van der Waals surface area (Å²) in [5, 5.41) is 8.88. The Morgan fingerprint density at radius 3 is 2.54 bits per heavy atom. The van der Waals surface area contributed by atoms with E-state index in [-0.39, 0.29) is 6.10 Å². The largest absolute Gasteiger partial charge is 0.497 e. The van der Waals surface area contributed by atoms with E-state index in [0.29, 0.717) is 26.1 Å².